The van der Waals surface area contributed by atoms with Crippen molar-refractivity contribution in [1.29, 1.82) is 0 Å². The highest BCUT2D eigenvalue weighted by Crippen LogP contribution is 2.18. The van der Waals surface area contributed by atoms with Gasteiger partial charge in [-0.2, -0.15) is 13.2 Å². The second kappa shape index (κ2) is 8.75. The summed E-state index contributed by atoms with van der Waals surface area (Å²) in [7, 11) is 1.70. The SMILES string of the molecule is CN=C(NCc1ccnc(OCC(F)(F)F)c1)NC1CCCCC1. The molecule has 5 nitrogen and oxygen atoms in total. The summed E-state index contributed by atoms with van der Waals surface area (Å²) in [6, 6.07) is 3.64. The Bertz CT molecular complexity index is 542. The van der Waals surface area contributed by atoms with Crippen LogP contribution in [-0.4, -0.2) is 36.8 Å². The molecular weight excluding hydrogens is 321 g/mol. The second-order valence-corrected chi connectivity index (χ2v) is 5.81. The lowest BCUT2D eigenvalue weighted by Crippen LogP contribution is -2.43. The normalized spacial score (nSPS) is 16.8. The van der Waals surface area contributed by atoms with Crippen LogP contribution in [0.25, 0.3) is 0 Å². The third-order valence-electron chi connectivity index (χ3n) is 3.81. The minimum atomic E-state index is -4.37. The molecule has 0 aromatic carbocycles. The molecule has 1 aromatic heterocycles. The summed E-state index contributed by atoms with van der Waals surface area (Å²) in [5, 5.41) is 6.54. The molecule has 1 aliphatic rings. The van der Waals surface area contributed by atoms with Crippen LogP contribution < -0.4 is 15.4 Å². The zero-order chi connectivity index (χ0) is 17.4. The van der Waals surface area contributed by atoms with Gasteiger partial charge in [0.05, 0.1) is 0 Å². The summed E-state index contributed by atoms with van der Waals surface area (Å²) in [6.07, 6.45) is 3.04. The van der Waals surface area contributed by atoms with E-state index in [4.69, 9.17) is 0 Å². The number of aromatic nitrogens is 1. The van der Waals surface area contributed by atoms with Gasteiger partial charge < -0.3 is 15.4 Å². The summed E-state index contributed by atoms with van der Waals surface area (Å²) in [5.74, 6) is 0.651. The van der Waals surface area contributed by atoms with Crippen LogP contribution in [0.15, 0.2) is 23.3 Å². The lowest BCUT2D eigenvalue weighted by molar-refractivity contribution is -0.154. The highest BCUT2D eigenvalue weighted by atomic mass is 19.4. The van der Waals surface area contributed by atoms with Gasteiger partial charge in [0.15, 0.2) is 12.6 Å². The Kier molecular flexibility index (Phi) is 6.69. The first-order valence-electron chi connectivity index (χ1n) is 8.08. The molecule has 0 amide bonds. The first-order chi connectivity index (χ1) is 11.5. The minimum absolute atomic E-state index is 0.0400. The van der Waals surface area contributed by atoms with E-state index in [1.54, 1.807) is 13.1 Å². The Morgan fingerprint density at radius 2 is 2.08 bits per heavy atom. The summed E-state index contributed by atoms with van der Waals surface area (Å²) in [4.78, 5) is 7.97. The zero-order valence-electron chi connectivity index (χ0n) is 13.7. The van der Waals surface area contributed by atoms with E-state index in [2.05, 4.69) is 25.3 Å². The number of hydrogen-bond acceptors (Lipinski definition) is 3. The van der Waals surface area contributed by atoms with Crippen molar-refractivity contribution in [3.63, 3.8) is 0 Å². The Labute approximate surface area is 139 Å². The van der Waals surface area contributed by atoms with Crippen molar-refractivity contribution in [3.05, 3.63) is 23.9 Å². The molecule has 2 rings (SSSR count). The van der Waals surface area contributed by atoms with Crippen LogP contribution in [0.3, 0.4) is 0 Å². The second-order valence-electron chi connectivity index (χ2n) is 5.81. The van der Waals surface area contributed by atoms with Gasteiger partial charge >= 0.3 is 6.18 Å². The van der Waals surface area contributed by atoms with Crippen molar-refractivity contribution < 1.29 is 17.9 Å². The molecule has 0 unspecified atom stereocenters. The highest BCUT2D eigenvalue weighted by molar-refractivity contribution is 5.79. The van der Waals surface area contributed by atoms with Crippen LogP contribution in [0.4, 0.5) is 13.2 Å². The summed E-state index contributed by atoms with van der Waals surface area (Å²) in [5.41, 5.74) is 0.772. The van der Waals surface area contributed by atoms with Crippen molar-refractivity contribution in [3.8, 4) is 5.88 Å². The van der Waals surface area contributed by atoms with Crippen LogP contribution in [0.5, 0.6) is 5.88 Å². The van der Waals surface area contributed by atoms with Crippen LogP contribution in [0.1, 0.15) is 37.7 Å². The van der Waals surface area contributed by atoms with Crippen molar-refractivity contribution in [1.82, 2.24) is 15.6 Å². The zero-order valence-corrected chi connectivity index (χ0v) is 13.7. The molecule has 1 saturated carbocycles. The molecule has 1 heterocycles. The summed E-state index contributed by atoms with van der Waals surface area (Å²) >= 11 is 0. The minimum Gasteiger partial charge on any atom is -0.468 e. The van der Waals surface area contributed by atoms with Crippen molar-refractivity contribution in [2.45, 2.75) is 50.9 Å². The fourth-order valence-corrected chi connectivity index (χ4v) is 2.62. The number of hydrogen-bond donors (Lipinski definition) is 2. The topological polar surface area (TPSA) is 58.5 Å². The first-order valence-corrected chi connectivity index (χ1v) is 8.08. The maximum Gasteiger partial charge on any atom is 0.422 e. The monoisotopic (exact) mass is 344 g/mol. The fourth-order valence-electron chi connectivity index (χ4n) is 2.62. The smallest absolute Gasteiger partial charge is 0.422 e. The highest BCUT2D eigenvalue weighted by Gasteiger charge is 2.28. The third-order valence-corrected chi connectivity index (χ3v) is 3.81. The molecular formula is C16H23F3N4O. The molecule has 0 atom stereocenters. The van der Waals surface area contributed by atoms with E-state index in [0.29, 0.717) is 18.5 Å². The Morgan fingerprint density at radius 3 is 2.75 bits per heavy atom. The lowest BCUT2D eigenvalue weighted by atomic mass is 9.96. The maximum absolute atomic E-state index is 12.2. The quantitative estimate of drug-likeness (QED) is 0.637. The van der Waals surface area contributed by atoms with E-state index in [0.717, 1.165) is 18.4 Å². The summed E-state index contributed by atoms with van der Waals surface area (Å²) in [6.45, 7) is -0.918. The maximum atomic E-state index is 12.2. The van der Waals surface area contributed by atoms with Gasteiger partial charge in [0.25, 0.3) is 0 Å². The molecule has 2 N–H and O–H groups in total. The standard InChI is InChI=1S/C16H23F3N4O/c1-20-15(23-13-5-3-2-4-6-13)22-10-12-7-8-21-14(9-12)24-11-16(17,18)19/h7-9,13H,2-6,10-11H2,1H3,(H2,20,22,23). The molecule has 1 aliphatic carbocycles. The molecule has 0 radical (unpaired) electrons. The molecule has 134 valence electrons. The number of ether oxygens (including phenoxy) is 1. The van der Waals surface area contributed by atoms with E-state index in [1.807, 2.05) is 0 Å². The number of nitrogens with zero attached hydrogens (tertiary/aromatic N) is 2. The lowest BCUT2D eigenvalue weighted by Gasteiger charge is -2.24. The van der Waals surface area contributed by atoms with E-state index in [1.165, 1.54) is 31.5 Å². The number of rotatable bonds is 5. The molecule has 0 bridgehead atoms. The third kappa shape index (κ3) is 6.64. The molecule has 0 spiro atoms. The number of alkyl halides is 3. The molecule has 0 aliphatic heterocycles. The Balaban J connectivity index is 1.83. The molecule has 1 aromatic rings. The van der Waals surface area contributed by atoms with Crippen molar-refractivity contribution >= 4 is 5.96 Å². The number of guanidine groups is 1. The van der Waals surface area contributed by atoms with E-state index in [-0.39, 0.29) is 5.88 Å². The van der Waals surface area contributed by atoms with Gasteiger partial charge in [-0.3, -0.25) is 4.99 Å². The van der Waals surface area contributed by atoms with Crippen LogP contribution in [0.2, 0.25) is 0 Å². The van der Waals surface area contributed by atoms with E-state index in [9.17, 15) is 13.2 Å². The molecule has 1 fully saturated rings. The molecule has 8 heteroatoms. The van der Waals surface area contributed by atoms with Crippen LogP contribution in [-0.2, 0) is 6.54 Å². The number of nitrogens with one attached hydrogen (secondary N) is 2. The van der Waals surface area contributed by atoms with E-state index >= 15 is 0 Å². The van der Waals surface area contributed by atoms with Gasteiger partial charge in [-0.15, -0.1) is 0 Å². The number of halogens is 3. The molecule has 24 heavy (non-hydrogen) atoms. The number of pyridine rings is 1. The Morgan fingerprint density at radius 1 is 1.33 bits per heavy atom. The predicted molar refractivity (Wildman–Crippen MR) is 86.0 cm³/mol. The van der Waals surface area contributed by atoms with Crippen LogP contribution >= 0.6 is 0 Å². The first kappa shape index (κ1) is 18.4. The molecule has 0 saturated heterocycles. The van der Waals surface area contributed by atoms with Gasteiger partial charge in [0, 0.05) is 31.9 Å². The van der Waals surface area contributed by atoms with E-state index < -0.39 is 12.8 Å². The summed E-state index contributed by atoms with van der Waals surface area (Å²) < 4.78 is 41.2. The average molecular weight is 344 g/mol. The average Bonchev–Trinajstić information content (AvgIpc) is 2.57. The van der Waals surface area contributed by atoms with Gasteiger partial charge in [-0.25, -0.2) is 4.98 Å². The van der Waals surface area contributed by atoms with Crippen LogP contribution in [0, 0.1) is 0 Å². The number of aliphatic imine (C=N–C) groups is 1. The predicted octanol–water partition coefficient (Wildman–Crippen LogP) is 3.02. The fraction of sp³-hybridized carbons (Fsp3) is 0.625. The van der Waals surface area contributed by atoms with Gasteiger partial charge in [-0.05, 0) is 24.5 Å². The van der Waals surface area contributed by atoms with Crippen molar-refractivity contribution in [2.75, 3.05) is 13.7 Å². The van der Waals surface area contributed by atoms with Crippen molar-refractivity contribution in [2.24, 2.45) is 4.99 Å². The Hall–Kier alpha value is -1.99. The van der Waals surface area contributed by atoms with Gasteiger partial charge in [0.2, 0.25) is 5.88 Å². The van der Waals surface area contributed by atoms with Gasteiger partial charge in [-0.1, -0.05) is 19.3 Å². The largest absolute Gasteiger partial charge is 0.468 e. The van der Waals surface area contributed by atoms with Gasteiger partial charge in [0.1, 0.15) is 0 Å².